The van der Waals surface area contributed by atoms with Crippen LogP contribution in [-0.4, -0.2) is 39.4 Å². The highest BCUT2D eigenvalue weighted by Gasteiger charge is 2.28. The van der Waals surface area contributed by atoms with E-state index in [4.69, 9.17) is 33.5 Å². The van der Waals surface area contributed by atoms with E-state index in [1.807, 2.05) is 54.2 Å². The summed E-state index contributed by atoms with van der Waals surface area (Å²) in [5, 5.41) is 21.2. The van der Waals surface area contributed by atoms with Crippen molar-refractivity contribution < 1.29 is 14.8 Å². The van der Waals surface area contributed by atoms with Crippen LogP contribution in [0.1, 0.15) is 69.2 Å². The Morgan fingerprint density at radius 2 is 1.87 bits per heavy atom. The molecule has 2 heterocycles. The Morgan fingerprint density at radius 3 is 2.60 bits per heavy atom. The maximum atomic E-state index is 14.0. The molecule has 1 aliphatic carbocycles. The van der Waals surface area contributed by atoms with Crippen LogP contribution in [0.3, 0.4) is 0 Å². The second kappa shape index (κ2) is 16.5. The predicted octanol–water partition coefficient (Wildman–Crippen LogP) is 7.07. The molecular formula is C35H41Cl2N5O3. The Hall–Kier alpha value is -3.85. The summed E-state index contributed by atoms with van der Waals surface area (Å²) in [6.07, 6.45) is 17.9. The van der Waals surface area contributed by atoms with Gasteiger partial charge in [-0.05, 0) is 73.1 Å². The third-order valence-corrected chi connectivity index (χ3v) is 8.21. The van der Waals surface area contributed by atoms with Gasteiger partial charge in [-0.1, -0.05) is 86.0 Å². The van der Waals surface area contributed by atoms with E-state index in [0.717, 1.165) is 48.1 Å². The molecule has 0 radical (unpaired) electrons. The number of halogens is 2. The standard InChI is InChI=1S/C35H41Cl2N5O3/c1-23-9-8-10-27(19-23)30-21-39-42(22-26-13-16-28(36)17-14-26)34(30)32-24(2)12-15-29(37)20-25(3)40-33(32)35(44)38-18-7-5-4-6-11-31(43)41-45/h8-10,12-17,20-21,23,25,40,45H,2,4-7,11,18-19,22H2,1,3H3,(H,38,44)(H,41,43)/b15-12-,29-20+,33-32?. The molecule has 45 heavy (non-hydrogen) atoms. The Balaban J connectivity index is 1.74. The van der Waals surface area contributed by atoms with Crippen molar-refractivity contribution in [2.75, 3.05) is 6.54 Å². The van der Waals surface area contributed by atoms with Gasteiger partial charge in [0.1, 0.15) is 5.70 Å². The molecule has 2 aromatic rings. The smallest absolute Gasteiger partial charge is 0.268 e. The maximum absolute atomic E-state index is 14.0. The number of hydroxylamine groups is 1. The second-order valence-electron chi connectivity index (χ2n) is 11.5. The van der Waals surface area contributed by atoms with Crippen LogP contribution in [0.15, 0.2) is 89.8 Å². The number of allylic oxidation sites excluding steroid dienone is 9. The number of unbranched alkanes of at least 4 members (excludes halogenated alkanes) is 3. The molecule has 238 valence electrons. The summed E-state index contributed by atoms with van der Waals surface area (Å²) in [6, 6.07) is 7.40. The number of hydrogen-bond acceptors (Lipinski definition) is 5. The number of carbonyl (C=O) groups excluding carboxylic acids is 2. The summed E-state index contributed by atoms with van der Waals surface area (Å²) in [7, 11) is 0. The highest BCUT2D eigenvalue weighted by Crippen LogP contribution is 2.37. The largest absolute Gasteiger partial charge is 0.374 e. The summed E-state index contributed by atoms with van der Waals surface area (Å²) in [4.78, 5) is 25.3. The van der Waals surface area contributed by atoms with Crippen LogP contribution in [-0.2, 0) is 16.1 Å². The summed E-state index contributed by atoms with van der Waals surface area (Å²) < 4.78 is 1.92. The van der Waals surface area contributed by atoms with Crippen molar-refractivity contribution in [3.8, 4) is 0 Å². The molecule has 2 aliphatic rings. The third kappa shape index (κ3) is 9.57. The molecule has 0 bridgehead atoms. The molecule has 10 heteroatoms. The first kappa shape index (κ1) is 34.0. The molecule has 2 amide bonds. The molecule has 0 spiro atoms. The van der Waals surface area contributed by atoms with Gasteiger partial charge >= 0.3 is 0 Å². The SMILES string of the molecule is C=C1/C=C\C(Cl)=C/C(C)NC(C(=O)NCCCCCCC(=O)NO)=C1c1c(C2=CC=CC(C)C2)cnn1Cc1ccc(Cl)cc1. The minimum Gasteiger partial charge on any atom is -0.374 e. The van der Waals surface area contributed by atoms with Gasteiger partial charge in [-0.25, -0.2) is 5.48 Å². The summed E-state index contributed by atoms with van der Waals surface area (Å²) >= 11 is 12.7. The molecule has 0 fully saturated rings. The molecule has 1 aromatic heterocycles. The van der Waals surface area contributed by atoms with E-state index < -0.39 is 5.91 Å². The van der Waals surface area contributed by atoms with E-state index in [1.165, 1.54) is 0 Å². The lowest BCUT2D eigenvalue weighted by molar-refractivity contribution is -0.129. The van der Waals surface area contributed by atoms with Gasteiger partial charge in [-0.3, -0.25) is 19.5 Å². The lowest BCUT2D eigenvalue weighted by Gasteiger charge is -2.23. The molecule has 1 aliphatic heterocycles. The summed E-state index contributed by atoms with van der Waals surface area (Å²) in [6.45, 7) is 9.45. The topological polar surface area (TPSA) is 108 Å². The molecule has 4 rings (SSSR count). The monoisotopic (exact) mass is 649 g/mol. The van der Waals surface area contributed by atoms with Gasteiger partial charge in [0, 0.05) is 40.2 Å². The Morgan fingerprint density at radius 1 is 1.11 bits per heavy atom. The van der Waals surface area contributed by atoms with E-state index >= 15 is 0 Å². The van der Waals surface area contributed by atoms with Gasteiger partial charge in [0.05, 0.1) is 18.4 Å². The van der Waals surface area contributed by atoms with Crippen molar-refractivity contribution in [3.05, 3.63) is 112 Å². The number of carbonyl (C=O) groups is 2. The van der Waals surface area contributed by atoms with Crippen LogP contribution in [0.4, 0.5) is 0 Å². The van der Waals surface area contributed by atoms with Gasteiger partial charge in [-0.15, -0.1) is 0 Å². The van der Waals surface area contributed by atoms with Gasteiger partial charge in [0.25, 0.3) is 5.91 Å². The highest BCUT2D eigenvalue weighted by atomic mass is 35.5. The Kier molecular flexibility index (Phi) is 12.4. The predicted molar refractivity (Wildman–Crippen MR) is 181 cm³/mol. The minimum atomic E-state index is -0.393. The number of rotatable bonds is 12. The minimum absolute atomic E-state index is 0.255. The molecule has 4 N–H and O–H groups in total. The fourth-order valence-corrected chi connectivity index (χ4v) is 5.81. The summed E-state index contributed by atoms with van der Waals surface area (Å²) in [5.41, 5.74) is 7.18. The first-order chi connectivity index (χ1) is 21.7. The number of nitrogens with zero attached hydrogens (tertiary/aromatic N) is 2. The molecule has 1 aromatic carbocycles. The van der Waals surface area contributed by atoms with E-state index in [0.29, 0.717) is 52.3 Å². The van der Waals surface area contributed by atoms with E-state index in [-0.39, 0.29) is 18.4 Å². The van der Waals surface area contributed by atoms with E-state index in [9.17, 15) is 9.59 Å². The average molecular weight is 651 g/mol. The maximum Gasteiger partial charge on any atom is 0.268 e. The van der Waals surface area contributed by atoms with Crippen LogP contribution in [0.5, 0.6) is 0 Å². The van der Waals surface area contributed by atoms with Gasteiger partial charge < -0.3 is 10.6 Å². The fraction of sp³-hybridized carbons (Fsp3) is 0.343. The molecule has 0 saturated heterocycles. The highest BCUT2D eigenvalue weighted by molar-refractivity contribution is 6.31. The van der Waals surface area contributed by atoms with Crippen LogP contribution in [0.2, 0.25) is 5.02 Å². The average Bonchev–Trinajstić information content (AvgIpc) is 3.43. The quantitative estimate of drug-likeness (QED) is 0.112. The summed E-state index contributed by atoms with van der Waals surface area (Å²) in [5.74, 6) is -0.290. The number of nitrogens with one attached hydrogen (secondary N) is 3. The first-order valence-corrected chi connectivity index (χ1v) is 16.1. The number of aromatic nitrogens is 2. The second-order valence-corrected chi connectivity index (χ2v) is 12.4. The first-order valence-electron chi connectivity index (χ1n) is 15.3. The van der Waals surface area contributed by atoms with E-state index in [1.54, 1.807) is 11.6 Å². The zero-order chi connectivity index (χ0) is 32.3. The van der Waals surface area contributed by atoms with Gasteiger partial charge in [0.15, 0.2) is 0 Å². The zero-order valence-electron chi connectivity index (χ0n) is 25.8. The molecule has 2 unspecified atom stereocenters. The van der Waals surface area contributed by atoms with Crippen LogP contribution >= 0.6 is 23.2 Å². The van der Waals surface area contributed by atoms with E-state index in [2.05, 4.69) is 42.4 Å². The third-order valence-electron chi connectivity index (χ3n) is 7.71. The lowest BCUT2D eigenvalue weighted by atomic mass is 9.88. The van der Waals surface area contributed by atoms with Gasteiger partial charge in [-0.2, -0.15) is 5.10 Å². The molecule has 8 nitrogen and oxygen atoms in total. The van der Waals surface area contributed by atoms with Crippen LogP contribution < -0.4 is 16.1 Å². The van der Waals surface area contributed by atoms with Crippen molar-refractivity contribution in [1.82, 2.24) is 25.9 Å². The van der Waals surface area contributed by atoms with Gasteiger partial charge in [0.2, 0.25) is 5.91 Å². The van der Waals surface area contributed by atoms with Crippen molar-refractivity contribution in [2.45, 2.75) is 65.0 Å². The van der Waals surface area contributed by atoms with Crippen LogP contribution in [0, 0.1) is 5.92 Å². The number of hydrogen-bond donors (Lipinski definition) is 4. The zero-order valence-corrected chi connectivity index (χ0v) is 27.3. The van der Waals surface area contributed by atoms with Crippen LogP contribution in [0.25, 0.3) is 11.1 Å². The van der Waals surface area contributed by atoms with Crippen molar-refractivity contribution >= 4 is 46.2 Å². The van der Waals surface area contributed by atoms with Crippen molar-refractivity contribution in [2.24, 2.45) is 5.92 Å². The van der Waals surface area contributed by atoms with Crippen molar-refractivity contribution in [3.63, 3.8) is 0 Å². The number of amides is 2. The Labute approximate surface area is 275 Å². The molecule has 0 saturated carbocycles. The molecular weight excluding hydrogens is 609 g/mol. The normalized spacial score (nSPS) is 20.2. The lowest BCUT2D eigenvalue weighted by Crippen LogP contribution is -2.37. The number of benzene rings is 1. The fourth-order valence-electron chi connectivity index (χ4n) is 5.43. The van der Waals surface area contributed by atoms with Crippen molar-refractivity contribution in [1.29, 1.82) is 0 Å². The Bertz CT molecular complexity index is 1550. The molecule has 2 atom stereocenters.